The number of hydrogen-bond donors (Lipinski definition) is 2. The predicted molar refractivity (Wildman–Crippen MR) is 86.7 cm³/mol. The van der Waals surface area contributed by atoms with E-state index in [0.29, 0.717) is 12.5 Å². The molecule has 2 rings (SSSR count). The van der Waals surface area contributed by atoms with Gasteiger partial charge in [0.15, 0.2) is 0 Å². The second-order valence-corrected chi connectivity index (χ2v) is 7.40. The summed E-state index contributed by atoms with van der Waals surface area (Å²) in [6.45, 7) is 6.39. The van der Waals surface area contributed by atoms with E-state index in [0.717, 1.165) is 64.8 Å². The molecule has 0 unspecified atom stereocenters. The molecule has 5 heteroatoms. The summed E-state index contributed by atoms with van der Waals surface area (Å²) < 4.78 is 5.14. The molecule has 0 bridgehead atoms. The summed E-state index contributed by atoms with van der Waals surface area (Å²) in [5.41, 5.74) is -0.355. The number of nitrogens with one attached hydrogen (secondary N) is 1. The molecule has 0 aromatic rings. The summed E-state index contributed by atoms with van der Waals surface area (Å²) in [5, 5.41) is 13.3. The topological polar surface area (TPSA) is 61.8 Å². The molecular weight excluding hydrogens is 280 g/mol. The van der Waals surface area contributed by atoms with Crippen LogP contribution in [-0.2, 0) is 9.53 Å². The van der Waals surface area contributed by atoms with E-state index in [2.05, 4.69) is 12.2 Å². The molecule has 0 saturated carbocycles. The minimum atomic E-state index is -0.226. The van der Waals surface area contributed by atoms with Gasteiger partial charge in [-0.2, -0.15) is 0 Å². The maximum absolute atomic E-state index is 13.0. The number of rotatable bonds is 6. The minimum Gasteiger partial charge on any atom is -0.396 e. The molecule has 2 aliphatic rings. The van der Waals surface area contributed by atoms with Gasteiger partial charge in [-0.3, -0.25) is 4.79 Å². The fourth-order valence-electron chi connectivity index (χ4n) is 3.96. The van der Waals surface area contributed by atoms with Crippen molar-refractivity contribution in [3.8, 4) is 0 Å². The van der Waals surface area contributed by atoms with Gasteiger partial charge in [-0.25, -0.2) is 0 Å². The number of piperidine rings is 2. The fourth-order valence-corrected chi connectivity index (χ4v) is 3.96. The first-order chi connectivity index (χ1) is 10.6. The summed E-state index contributed by atoms with van der Waals surface area (Å²) in [7, 11) is 1.71. The molecule has 0 spiro atoms. The zero-order valence-electron chi connectivity index (χ0n) is 14.2. The fraction of sp³-hybridized carbons (Fsp3) is 0.941. The average molecular weight is 312 g/mol. The van der Waals surface area contributed by atoms with E-state index in [1.807, 2.05) is 4.90 Å². The third-order valence-corrected chi connectivity index (χ3v) is 5.56. The summed E-state index contributed by atoms with van der Waals surface area (Å²) in [5.74, 6) is 0.290. The van der Waals surface area contributed by atoms with Gasteiger partial charge in [0.2, 0.25) is 5.91 Å². The normalized spacial score (nSPS) is 28.6. The highest BCUT2D eigenvalue weighted by Crippen LogP contribution is 2.38. The van der Waals surface area contributed by atoms with Crippen molar-refractivity contribution < 1.29 is 14.6 Å². The summed E-state index contributed by atoms with van der Waals surface area (Å²) >= 11 is 0. The Morgan fingerprint density at radius 1 is 1.32 bits per heavy atom. The van der Waals surface area contributed by atoms with Crippen LogP contribution in [0.1, 0.15) is 45.4 Å². The largest absolute Gasteiger partial charge is 0.396 e. The number of amides is 1. The van der Waals surface area contributed by atoms with Crippen molar-refractivity contribution in [2.45, 2.75) is 45.4 Å². The average Bonchev–Trinajstić information content (AvgIpc) is 2.55. The molecular formula is C17H32N2O3. The summed E-state index contributed by atoms with van der Waals surface area (Å²) in [6, 6.07) is 0. The van der Waals surface area contributed by atoms with E-state index in [1.165, 1.54) is 0 Å². The monoisotopic (exact) mass is 312 g/mol. The number of methoxy groups -OCH3 is 1. The molecule has 2 fully saturated rings. The van der Waals surface area contributed by atoms with Crippen LogP contribution >= 0.6 is 0 Å². The highest BCUT2D eigenvalue weighted by atomic mass is 16.5. The molecule has 0 radical (unpaired) electrons. The maximum Gasteiger partial charge on any atom is 0.228 e. The second-order valence-electron chi connectivity index (χ2n) is 7.40. The Kier molecular flexibility index (Phi) is 6.24. The Balaban J connectivity index is 2.00. The Morgan fingerprint density at radius 2 is 2.05 bits per heavy atom. The Bertz CT molecular complexity index is 369. The van der Waals surface area contributed by atoms with Crippen molar-refractivity contribution in [2.24, 2.45) is 10.8 Å². The molecule has 0 aromatic heterocycles. The molecule has 128 valence electrons. The van der Waals surface area contributed by atoms with Gasteiger partial charge in [0.05, 0.1) is 6.61 Å². The lowest BCUT2D eigenvalue weighted by Crippen LogP contribution is -2.54. The van der Waals surface area contributed by atoms with Gasteiger partial charge in [-0.05, 0) is 51.6 Å². The predicted octanol–water partition coefficient (Wildman–Crippen LogP) is 1.40. The molecule has 0 aromatic carbocycles. The van der Waals surface area contributed by atoms with Crippen LogP contribution in [-0.4, -0.2) is 62.4 Å². The summed E-state index contributed by atoms with van der Waals surface area (Å²) in [4.78, 5) is 15.0. The van der Waals surface area contributed by atoms with Crippen LogP contribution in [0.15, 0.2) is 0 Å². The standard InChI is InChI=1S/C17H32N2O3/c1-16(7-9-18-10-8-16)15(21)19-11-3-5-17(13-19,14-20)6-4-12-22-2/h18,20H,3-14H2,1-2H3/t17-/m0/s1. The first-order valence-corrected chi connectivity index (χ1v) is 8.65. The lowest BCUT2D eigenvalue weighted by atomic mass is 9.74. The van der Waals surface area contributed by atoms with E-state index in [9.17, 15) is 9.90 Å². The van der Waals surface area contributed by atoms with Crippen molar-refractivity contribution in [3.05, 3.63) is 0 Å². The molecule has 2 saturated heterocycles. The van der Waals surface area contributed by atoms with Gasteiger partial charge < -0.3 is 20.1 Å². The maximum atomic E-state index is 13.0. The molecule has 22 heavy (non-hydrogen) atoms. The van der Waals surface area contributed by atoms with Crippen molar-refractivity contribution in [1.82, 2.24) is 10.2 Å². The molecule has 5 nitrogen and oxygen atoms in total. The van der Waals surface area contributed by atoms with Gasteiger partial charge in [0.25, 0.3) is 0 Å². The summed E-state index contributed by atoms with van der Waals surface area (Å²) in [6.07, 6.45) is 5.71. The van der Waals surface area contributed by atoms with Gasteiger partial charge in [0.1, 0.15) is 0 Å². The highest BCUT2D eigenvalue weighted by Gasteiger charge is 2.42. The Morgan fingerprint density at radius 3 is 2.68 bits per heavy atom. The quantitative estimate of drug-likeness (QED) is 0.728. The minimum absolute atomic E-state index is 0.129. The lowest BCUT2D eigenvalue weighted by Gasteiger charge is -2.45. The van der Waals surface area contributed by atoms with Crippen LogP contribution in [0.25, 0.3) is 0 Å². The number of carbonyl (C=O) groups is 1. The molecule has 0 aliphatic carbocycles. The van der Waals surface area contributed by atoms with Crippen molar-refractivity contribution >= 4 is 5.91 Å². The molecule has 2 N–H and O–H groups in total. The zero-order valence-corrected chi connectivity index (χ0v) is 14.2. The van der Waals surface area contributed by atoms with E-state index in [1.54, 1.807) is 7.11 Å². The van der Waals surface area contributed by atoms with Gasteiger partial charge in [0, 0.05) is 37.6 Å². The van der Waals surface area contributed by atoms with Gasteiger partial charge in [-0.1, -0.05) is 6.92 Å². The third kappa shape index (κ3) is 4.00. The first-order valence-electron chi connectivity index (χ1n) is 8.65. The number of nitrogens with zero attached hydrogens (tertiary/aromatic N) is 1. The van der Waals surface area contributed by atoms with Crippen LogP contribution in [0, 0.1) is 10.8 Å². The Labute approximate surface area is 134 Å². The number of hydrogen-bond acceptors (Lipinski definition) is 4. The number of aliphatic hydroxyl groups is 1. The zero-order chi connectivity index (χ0) is 16.1. The number of likely N-dealkylation sites (tertiary alicyclic amines) is 1. The SMILES string of the molecule is COCCC[C@@]1(CO)CCCN(C(=O)C2(C)CCNCC2)C1. The van der Waals surface area contributed by atoms with E-state index in [4.69, 9.17) is 4.74 Å². The molecule has 2 heterocycles. The lowest BCUT2D eigenvalue weighted by molar-refractivity contribution is -0.147. The number of carbonyl (C=O) groups excluding carboxylic acids is 1. The van der Waals surface area contributed by atoms with E-state index in [-0.39, 0.29) is 17.4 Å². The highest BCUT2D eigenvalue weighted by molar-refractivity contribution is 5.82. The van der Waals surface area contributed by atoms with Crippen LogP contribution in [0.2, 0.25) is 0 Å². The van der Waals surface area contributed by atoms with Crippen LogP contribution < -0.4 is 5.32 Å². The first kappa shape index (κ1) is 17.7. The number of ether oxygens (including phenoxy) is 1. The van der Waals surface area contributed by atoms with Crippen molar-refractivity contribution in [2.75, 3.05) is 46.5 Å². The van der Waals surface area contributed by atoms with Crippen molar-refractivity contribution in [3.63, 3.8) is 0 Å². The van der Waals surface area contributed by atoms with Crippen LogP contribution in [0.3, 0.4) is 0 Å². The number of aliphatic hydroxyl groups excluding tert-OH is 1. The third-order valence-electron chi connectivity index (χ3n) is 5.56. The smallest absolute Gasteiger partial charge is 0.228 e. The van der Waals surface area contributed by atoms with Gasteiger partial charge >= 0.3 is 0 Å². The van der Waals surface area contributed by atoms with Crippen molar-refractivity contribution in [1.29, 1.82) is 0 Å². The van der Waals surface area contributed by atoms with E-state index >= 15 is 0 Å². The molecule has 2 aliphatic heterocycles. The van der Waals surface area contributed by atoms with Gasteiger partial charge in [-0.15, -0.1) is 0 Å². The molecule has 1 amide bonds. The van der Waals surface area contributed by atoms with E-state index < -0.39 is 0 Å². The van der Waals surface area contributed by atoms with Crippen LogP contribution in [0.5, 0.6) is 0 Å². The van der Waals surface area contributed by atoms with Crippen LogP contribution in [0.4, 0.5) is 0 Å². The molecule has 1 atom stereocenters. The second kappa shape index (κ2) is 7.75. The Hall–Kier alpha value is -0.650.